The smallest absolute Gasteiger partial charge is 0.319 e. The average molecular weight is 251 g/mol. The van der Waals surface area contributed by atoms with E-state index in [0.717, 1.165) is 5.69 Å². The predicted octanol–water partition coefficient (Wildman–Crippen LogP) is 1.92. The molecule has 0 saturated heterocycles. The first kappa shape index (κ1) is 14.4. The van der Waals surface area contributed by atoms with Crippen molar-refractivity contribution in [3.8, 4) is 0 Å². The van der Waals surface area contributed by atoms with E-state index in [1.165, 1.54) is 0 Å². The van der Waals surface area contributed by atoms with E-state index in [0.29, 0.717) is 5.69 Å². The van der Waals surface area contributed by atoms with Crippen molar-refractivity contribution in [3.63, 3.8) is 0 Å². The lowest BCUT2D eigenvalue weighted by molar-refractivity contribution is 0.0170. The Hall–Kier alpha value is -1.62. The molecule has 1 rings (SSSR count). The highest BCUT2D eigenvalue weighted by Gasteiger charge is 2.25. The van der Waals surface area contributed by atoms with E-state index in [1.54, 1.807) is 25.3 Å². The fourth-order valence-corrected chi connectivity index (χ4v) is 1.26. The zero-order valence-corrected chi connectivity index (χ0v) is 11.3. The third kappa shape index (κ3) is 4.33. The fraction of sp³-hybridized carbons (Fsp3) is 0.538. The maximum absolute atomic E-state index is 11.6. The van der Waals surface area contributed by atoms with Crippen LogP contribution in [0, 0.1) is 12.8 Å². The molecular weight excluding hydrogens is 230 g/mol. The maximum atomic E-state index is 11.6. The van der Waals surface area contributed by atoms with Crippen LogP contribution in [-0.4, -0.2) is 28.3 Å². The fourth-order valence-electron chi connectivity index (χ4n) is 1.26. The van der Waals surface area contributed by atoms with Crippen LogP contribution in [0.25, 0.3) is 0 Å². The van der Waals surface area contributed by atoms with Crippen molar-refractivity contribution in [2.24, 2.45) is 5.92 Å². The van der Waals surface area contributed by atoms with Crippen LogP contribution in [0.3, 0.4) is 0 Å². The number of nitrogens with zero attached hydrogens (tertiary/aromatic N) is 1. The van der Waals surface area contributed by atoms with Gasteiger partial charge in [0.25, 0.3) is 0 Å². The molecule has 0 saturated carbocycles. The number of amides is 2. The third-order valence-corrected chi connectivity index (χ3v) is 3.01. The van der Waals surface area contributed by atoms with Gasteiger partial charge in [-0.15, -0.1) is 0 Å². The molecule has 1 aromatic rings. The molecule has 0 radical (unpaired) electrons. The van der Waals surface area contributed by atoms with Gasteiger partial charge < -0.3 is 15.7 Å². The summed E-state index contributed by atoms with van der Waals surface area (Å²) in [6.45, 7) is 7.58. The molecule has 1 unspecified atom stereocenters. The molecule has 0 aromatic carbocycles. The summed E-state index contributed by atoms with van der Waals surface area (Å²) >= 11 is 0. The van der Waals surface area contributed by atoms with Gasteiger partial charge in [-0.2, -0.15) is 0 Å². The van der Waals surface area contributed by atoms with E-state index in [-0.39, 0.29) is 18.5 Å². The van der Waals surface area contributed by atoms with Crippen LogP contribution in [0.4, 0.5) is 10.5 Å². The molecule has 5 heteroatoms. The van der Waals surface area contributed by atoms with Gasteiger partial charge in [0.2, 0.25) is 0 Å². The summed E-state index contributed by atoms with van der Waals surface area (Å²) < 4.78 is 0. The molecule has 100 valence electrons. The molecule has 0 aliphatic heterocycles. The van der Waals surface area contributed by atoms with Gasteiger partial charge in [0.05, 0.1) is 5.60 Å². The summed E-state index contributed by atoms with van der Waals surface area (Å²) in [5.41, 5.74) is 0.608. The van der Waals surface area contributed by atoms with Gasteiger partial charge in [0.15, 0.2) is 0 Å². The monoisotopic (exact) mass is 251 g/mol. The molecule has 0 spiro atoms. The highest BCUT2D eigenvalue weighted by molar-refractivity contribution is 5.89. The molecule has 5 nitrogen and oxygen atoms in total. The molecule has 18 heavy (non-hydrogen) atoms. The van der Waals surface area contributed by atoms with Crippen molar-refractivity contribution < 1.29 is 9.90 Å². The minimum absolute atomic E-state index is 0.0703. The van der Waals surface area contributed by atoms with Gasteiger partial charge in [-0.05, 0) is 31.9 Å². The average Bonchev–Trinajstić information content (AvgIpc) is 2.26. The first-order chi connectivity index (χ1) is 8.31. The largest absolute Gasteiger partial charge is 0.388 e. The third-order valence-electron chi connectivity index (χ3n) is 3.01. The van der Waals surface area contributed by atoms with Gasteiger partial charge in [-0.25, -0.2) is 4.79 Å². The van der Waals surface area contributed by atoms with E-state index in [9.17, 15) is 9.90 Å². The van der Waals surface area contributed by atoms with Crippen LogP contribution in [-0.2, 0) is 0 Å². The lowest BCUT2D eigenvalue weighted by atomic mass is 9.93. The second-order valence-electron chi connectivity index (χ2n) is 5.01. The van der Waals surface area contributed by atoms with E-state index in [2.05, 4.69) is 15.6 Å². The lowest BCUT2D eigenvalue weighted by Gasteiger charge is -2.27. The van der Waals surface area contributed by atoms with Crippen molar-refractivity contribution in [1.82, 2.24) is 10.3 Å². The van der Waals surface area contributed by atoms with Crippen LogP contribution in [0.15, 0.2) is 18.3 Å². The number of anilines is 1. The molecule has 3 N–H and O–H groups in total. The van der Waals surface area contributed by atoms with Gasteiger partial charge >= 0.3 is 6.03 Å². The summed E-state index contributed by atoms with van der Waals surface area (Å²) in [5, 5.41) is 15.3. The maximum Gasteiger partial charge on any atom is 0.319 e. The first-order valence-electron chi connectivity index (χ1n) is 6.01. The minimum atomic E-state index is -0.911. The van der Waals surface area contributed by atoms with Crippen molar-refractivity contribution in [3.05, 3.63) is 24.0 Å². The molecule has 1 heterocycles. The zero-order valence-electron chi connectivity index (χ0n) is 11.3. The molecule has 0 fully saturated rings. The Bertz CT molecular complexity index is 416. The molecule has 1 atom stereocenters. The predicted molar refractivity (Wildman–Crippen MR) is 71.5 cm³/mol. The van der Waals surface area contributed by atoms with Crippen molar-refractivity contribution in [2.75, 3.05) is 11.9 Å². The standard InChI is InChI=1S/C13H21N3O2/c1-9(2)13(4,18)8-15-12(17)16-11-5-6-14-10(3)7-11/h5-7,9,18H,8H2,1-4H3,(H2,14,15,16,17). The van der Waals surface area contributed by atoms with E-state index in [1.807, 2.05) is 20.8 Å². The number of carbonyl (C=O) groups excluding carboxylic acids is 1. The Morgan fingerprint density at radius 2 is 2.22 bits per heavy atom. The van der Waals surface area contributed by atoms with Crippen molar-refractivity contribution >= 4 is 11.7 Å². The molecule has 0 aliphatic rings. The summed E-state index contributed by atoms with van der Waals surface area (Å²) in [4.78, 5) is 15.7. The number of aliphatic hydroxyl groups is 1. The van der Waals surface area contributed by atoms with Gasteiger partial charge in [-0.1, -0.05) is 13.8 Å². The number of carbonyl (C=O) groups is 1. The Morgan fingerprint density at radius 1 is 1.56 bits per heavy atom. The number of pyridine rings is 1. The lowest BCUT2D eigenvalue weighted by Crippen LogP contribution is -2.45. The van der Waals surface area contributed by atoms with E-state index < -0.39 is 5.60 Å². The number of hydrogen-bond donors (Lipinski definition) is 3. The van der Waals surface area contributed by atoms with Gasteiger partial charge in [-0.3, -0.25) is 4.98 Å². The van der Waals surface area contributed by atoms with Crippen LogP contribution >= 0.6 is 0 Å². The molecule has 1 aromatic heterocycles. The van der Waals surface area contributed by atoms with E-state index >= 15 is 0 Å². The number of rotatable bonds is 4. The Kier molecular flexibility index (Phi) is 4.67. The Labute approximate surface area is 108 Å². The molecule has 0 bridgehead atoms. The van der Waals surface area contributed by atoms with Gasteiger partial charge in [0.1, 0.15) is 0 Å². The second kappa shape index (κ2) is 5.82. The number of urea groups is 1. The minimum Gasteiger partial charge on any atom is -0.388 e. The van der Waals surface area contributed by atoms with Crippen LogP contribution in [0.5, 0.6) is 0 Å². The normalized spacial score (nSPS) is 14.1. The second-order valence-corrected chi connectivity index (χ2v) is 5.01. The number of aromatic nitrogens is 1. The Morgan fingerprint density at radius 3 is 2.78 bits per heavy atom. The number of nitrogens with one attached hydrogen (secondary N) is 2. The topological polar surface area (TPSA) is 74.2 Å². The zero-order chi connectivity index (χ0) is 13.8. The summed E-state index contributed by atoms with van der Waals surface area (Å²) in [7, 11) is 0. The summed E-state index contributed by atoms with van der Waals surface area (Å²) in [5.74, 6) is 0.0703. The SMILES string of the molecule is Cc1cc(NC(=O)NCC(C)(O)C(C)C)ccn1. The summed E-state index contributed by atoms with van der Waals surface area (Å²) in [6, 6.07) is 3.16. The highest BCUT2D eigenvalue weighted by atomic mass is 16.3. The van der Waals surface area contributed by atoms with E-state index in [4.69, 9.17) is 0 Å². The number of aryl methyl sites for hydroxylation is 1. The Balaban J connectivity index is 2.48. The van der Waals surface area contributed by atoms with Crippen LogP contribution < -0.4 is 10.6 Å². The van der Waals surface area contributed by atoms with Crippen LogP contribution in [0.1, 0.15) is 26.5 Å². The number of hydrogen-bond acceptors (Lipinski definition) is 3. The molecular formula is C13H21N3O2. The highest BCUT2D eigenvalue weighted by Crippen LogP contribution is 2.14. The summed E-state index contributed by atoms with van der Waals surface area (Å²) in [6.07, 6.45) is 1.63. The quantitative estimate of drug-likeness (QED) is 0.765. The molecule has 0 aliphatic carbocycles. The van der Waals surface area contributed by atoms with Gasteiger partial charge in [0, 0.05) is 24.1 Å². The van der Waals surface area contributed by atoms with Crippen molar-refractivity contribution in [2.45, 2.75) is 33.3 Å². The van der Waals surface area contributed by atoms with Crippen LogP contribution in [0.2, 0.25) is 0 Å². The van der Waals surface area contributed by atoms with Crippen molar-refractivity contribution in [1.29, 1.82) is 0 Å². The molecule has 2 amide bonds. The first-order valence-corrected chi connectivity index (χ1v) is 6.01.